The van der Waals surface area contributed by atoms with Crippen molar-refractivity contribution in [3.05, 3.63) is 101 Å². The van der Waals surface area contributed by atoms with Crippen LogP contribution in [0.25, 0.3) is 0 Å². The van der Waals surface area contributed by atoms with Crippen LogP contribution in [0.3, 0.4) is 0 Å². The molecule has 0 saturated heterocycles. The summed E-state index contributed by atoms with van der Waals surface area (Å²) in [5, 5.41) is 5.16. The van der Waals surface area contributed by atoms with E-state index in [0.29, 0.717) is 5.69 Å². The molecular weight excluding hydrogens is 379 g/mol. The molecule has 0 aliphatic heterocycles. The van der Waals surface area contributed by atoms with E-state index in [0.717, 1.165) is 17.2 Å². The van der Waals surface area contributed by atoms with Gasteiger partial charge in [0.1, 0.15) is 5.82 Å². The Morgan fingerprint density at radius 2 is 1.46 bits per heavy atom. The fraction of sp³-hybridized carbons (Fsp3) is 0.0909. The van der Waals surface area contributed by atoms with Crippen LogP contribution in [-0.2, 0) is 9.59 Å². The number of rotatable bonds is 6. The van der Waals surface area contributed by atoms with Crippen LogP contribution in [-0.4, -0.2) is 18.4 Å². The average molecular weight is 397 g/mol. The van der Waals surface area contributed by atoms with Crippen molar-refractivity contribution in [1.82, 2.24) is 5.32 Å². The number of hydrogen-bond acceptors (Lipinski definition) is 2. The summed E-state index contributed by atoms with van der Waals surface area (Å²) in [6.45, 7) is -0.218. The minimum atomic E-state index is -0.568. The van der Waals surface area contributed by atoms with E-state index in [2.05, 4.69) is 10.6 Å². The van der Waals surface area contributed by atoms with Gasteiger partial charge in [-0.25, -0.2) is 4.39 Å². The fourth-order valence-corrected chi connectivity index (χ4v) is 3.02. The van der Waals surface area contributed by atoms with Gasteiger partial charge in [-0.1, -0.05) is 72.3 Å². The first-order valence-electron chi connectivity index (χ1n) is 8.67. The van der Waals surface area contributed by atoms with Gasteiger partial charge in [0.15, 0.2) is 0 Å². The molecule has 3 rings (SSSR count). The molecule has 6 heteroatoms. The maximum absolute atomic E-state index is 13.2. The lowest BCUT2D eigenvalue weighted by molar-refractivity contribution is -0.124. The minimum Gasteiger partial charge on any atom is -0.346 e. The zero-order valence-corrected chi connectivity index (χ0v) is 15.6. The van der Waals surface area contributed by atoms with Crippen LogP contribution in [0.1, 0.15) is 17.0 Å². The Morgan fingerprint density at radius 1 is 0.893 bits per heavy atom. The number of anilines is 1. The van der Waals surface area contributed by atoms with Crippen LogP contribution in [0.2, 0.25) is 5.02 Å². The van der Waals surface area contributed by atoms with Crippen molar-refractivity contribution in [2.75, 3.05) is 11.9 Å². The summed E-state index contributed by atoms with van der Waals surface area (Å²) in [4.78, 5) is 25.0. The summed E-state index contributed by atoms with van der Waals surface area (Å²) in [6, 6.07) is 22.6. The lowest BCUT2D eigenvalue weighted by Gasteiger charge is -2.18. The van der Waals surface area contributed by atoms with Crippen molar-refractivity contribution in [3.8, 4) is 0 Å². The first-order valence-corrected chi connectivity index (χ1v) is 9.05. The van der Waals surface area contributed by atoms with Crippen molar-refractivity contribution in [1.29, 1.82) is 0 Å². The predicted octanol–water partition coefficient (Wildman–Crippen LogP) is 4.37. The summed E-state index contributed by atoms with van der Waals surface area (Å²) in [5.74, 6) is -1.82. The van der Waals surface area contributed by atoms with Crippen molar-refractivity contribution in [3.63, 3.8) is 0 Å². The summed E-state index contributed by atoms with van der Waals surface area (Å²) in [7, 11) is 0. The number of carbonyl (C=O) groups is 2. The van der Waals surface area contributed by atoms with Crippen LogP contribution < -0.4 is 10.6 Å². The highest BCUT2D eigenvalue weighted by atomic mass is 35.5. The molecule has 3 aromatic rings. The second kappa shape index (κ2) is 9.15. The normalized spacial score (nSPS) is 10.5. The van der Waals surface area contributed by atoms with E-state index < -0.39 is 17.6 Å². The number of carbonyl (C=O) groups excluding carboxylic acids is 2. The molecule has 0 unspecified atom stereocenters. The van der Waals surface area contributed by atoms with Crippen LogP contribution in [0.5, 0.6) is 0 Å². The number of nitrogens with one attached hydrogen (secondary N) is 2. The fourth-order valence-electron chi connectivity index (χ4n) is 2.83. The molecule has 0 spiro atoms. The van der Waals surface area contributed by atoms with Crippen LogP contribution in [0, 0.1) is 5.82 Å². The molecule has 0 aromatic heterocycles. The van der Waals surface area contributed by atoms with Gasteiger partial charge < -0.3 is 10.6 Å². The van der Waals surface area contributed by atoms with E-state index in [1.807, 2.05) is 60.7 Å². The average Bonchev–Trinajstić information content (AvgIpc) is 2.71. The van der Waals surface area contributed by atoms with E-state index in [4.69, 9.17) is 11.6 Å². The molecule has 0 radical (unpaired) electrons. The third kappa shape index (κ3) is 4.96. The number of amides is 2. The standard InChI is InChI=1S/C22H18ClFN2O2/c23-18-13-17(11-12-19(18)24)26-20(27)14-25-22(28)21(15-7-3-1-4-8-15)16-9-5-2-6-10-16/h1-13,21H,14H2,(H,25,28)(H,26,27). The summed E-state index contributed by atoms with van der Waals surface area (Å²) in [6.07, 6.45) is 0. The third-order valence-corrected chi connectivity index (χ3v) is 4.44. The van der Waals surface area contributed by atoms with Crippen LogP contribution in [0.4, 0.5) is 10.1 Å². The van der Waals surface area contributed by atoms with E-state index >= 15 is 0 Å². The van der Waals surface area contributed by atoms with E-state index in [-0.39, 0.29) is 17.5 Å². The van der Waals surface area contributed by atoms with Gasteiger partial charge in [-0.15, -0.1) is 0 Å². The molecule has 0 heterocycles. The van der Waals surface area contributed by atoms with E-state index in [1.54, 1.807) is 0 Å². The Bertz CT molecular complexity index is 925. The van der Waals surface area contributed by atoms with Crippen molar-refractivity contribution >= 4 is 29.1 Å². The molecule has 142 valence electrons. The molecule has 0 atom stereocenters. The quantitative estimate of drug-likeness (QED) is 0.650. The monoisotopic (exact) mass is 396 g/mol. The molecule has 0 aliphatic carbocycles. The first kappa shape index (κ1) is 19.6. The van der Waals surface area contributed by atoms with Gasteiger partial charge in [0.25, 0.3) is 0 Å². The summed E-state index contributed by atoms with van der Waals surface area (Å²) in [5.41, 5.74) is 2.02. The van der Waals surface area contributed by atoms with Crippen molar-refractivity contribution in [2.24, 2.45) is 0 Å². The molecule has 2 amide bonds. The van der Waals surface area contributed by atoms with Crippen LogP contribution >= 0.6 is 11.6 Å². The molecule has 4 nitrogen and oxygen atoms in total. The Kier molecular flexibility index (Phi) is 6.40. The molecule has 3 aromatic carbocycles. The second-order valence-electron chi connectivity index (χ2n) is 6.15. The largest absolute Gasteiger partial charge is 0.346 e. The molecule has 0 saturated carbocycles. The van der Waals surface area contributed by atoms with Gasteiger partial charge >= 0.3 is 0 Å². The molecular formula is C22H18ClFN2O2. The Morgan fingerprint density at radius 3 is 2.00 bits per heavy atom. The van der Waals surface area contributed by atoms with Gasteiger partial charge in [-0.05, 0) is 29.3 Å². The highest BCUT2D eigenvalue weighted by Crippen LogP contribution is 2.24. The van der Waals surface area contributed by atoms with E-state index in [1.165, 1.54) is 12.1 Å². The Hall–Kier alpha value is -3.18. The zero-order chi connectivity index (χ0) is 19.9. The number of benzene rings is 3. The predicted molar refractivity (Wildman–Crippen MR) is 108 cm³/mol. The SMILES string of the molecule is O=C(CNC(=O)C(c1ccccc1)c1ccccc1)Nc1ccc(F)c(Cl)c1. The molecule has 2 N–H and O–H groups in total. The molecule has 0 bridgehead atoms. The zero-order valence-electron chi connectivity index (χ0n) is 14.9. The van der Waals surface area contributed by atoms with Gasteiger partial charge in [0.2, 0.25) is 11.8 Å². The lowest BCUT2D eigenvalue weighted by Crippen LogP contribution is -2.36. The summed E-state index contributed by atoms with van der Waals surface area (Å²) < 4.78 is 13.2. The lowest BCUT2D eigenvalue weighted by atomic mass is 9.90. The Balaban J connectivity index is 1.68. The van der Waals surface area contributed by atoms with Gasteiger partial charge in [0, 0.05) is 5.69 Å². The van der Waals surface area contributed by atoms with Crippen molar-refractivity contribution < 1.29 is 14.0 Å². The van der Waals surface area contributed by atoms with Gasteiger partial charge in [0.05, 0.1) is 17.5 Å². The Labute approximate surface area is 167 Å². The maximum Gasteiger partial charge on any atom is 0.243 e. The topological polar surface area (TPSA) is 58.2 Å². The number of halogens is 2. The highest BCUT2D eigenvalue weighted by molar-refractivity contribution is 6.31. The second-order valence-corrected chi connectivity index (χ2v) is 6.56. The highest BCUT2D eigenvalue weighted by Gasteiger charge is 2.22. The first-order chi connectivity index (χ1) is 13.5. The molecule has 0 fully saturated rings. The minimum absolute atomic E-state index is 0.0879. The van der Waals surface area contributed by atoms with Crippen LogP contribution in [0.15, 0.2) is 78.9 Å². The van der Waals surface area contributed by atoms with Gasteiger partial charge in [-0.2, -0.15) is 0 Å². The molecule has 0 aliphatic rings. The van der Waals surface area contributed by atoms with Crippen molar-refractivity contribution in [2.45, 2.75) is 5.92 Å². The van der Waals surface area contributed by atoms with E-state index in [9.17, 15) is 14.0 Å². The maximum atomic E-state index is 13.2. The third-order valence-electron chi connectivity index (χ3n) is 4.15. The smallest absolute Gasteiger partial charge is 0.243 e. The summed E-state index contributed by atoms with van der Waals surface area (Å²) >= 11 is 5.71. The number of hydrogen-bond donors (Lipinski definition) is 2. The molecule has 28 heavy (non-hydrogen) atoms. The van der Waals surface area contributed by atoms with Gasteiger partial charge in [-0.3, -0.25) is 9.59 Å².